The molecule has 8 heavy (non-hydrogen) atoms. The fourth-order valence-electron chi connectivity index (χ4n) is 0. The molecule has 1 amide bonds. The maximum absolute atomic E-state index is 8.67. The van der Waals surface area contributed by atoms with Crippen molar-refractivity contribution >= 4 is 16.6 Å². The molecule has 0 aliphatic rings. The van der Waals surface area contributed by atoms with Crippen LogP contribution >= 0.6 is 0 Å². The Bertz CT molecular complexity index is 52.5. The van der Waals surface area contributed by atoms with Crippen molar-refractivity contribution in [2.24, 2.45) is 5.73 Å². The van der Waals surface area contributed by atoms with E-state index >= 15 is 0 Å². The van der Waals surface area contributed by atoms with Crippen LogP contribution < -0.4 is 10.8 Å². The summed E-state index contributed by atoms with van der Waals surface area (Å²) in [5, 5.41) is 8.67. The molecule has 0 atom stereocenters. The van der Waals surface area contributed by atoms with Gasteiger partial charge in [0, 0.05) is 6.61 Å². The van der Waals surface area contributed by atoms with Crippen LogP contribution in [0.4, 0.5) is 4.79 Å². The Morgan fingerprint density at radius 2 is 2.12 bits per heavy atom. The van der Waals surface area contributed by atoms with Gasteiger partial charge in [-0.25, -0.2) is 0 Å². The van der Waals surface area contributed by atoms with Crippen molar-refractivity contribution in [2.45, 2.75) is 6.92 Å². The molecule has 0 saturated heterocycles. The zero-order chi connectivity index (χ0) is 6.99. The average Bonchev–Trinajstić information content (AvgIpc) is 1.65. The standard InChI is InChI=1S/C2H5OSi.CH3NO2/c1-2-3-4;2-1(3)4/h2H2,1H3;2H2,(H,3,4)/p-1. The monoisotopic (exact) mass is 133 g/mol. The number of nitrogens with two attached hydrogens (primary N) is 1. The molecule has 4 nitrogen and oxygen atoms in total. The Kier molecular flexibility index (Phi) is 12.6. The predicted molar refractivity (Wildman–Crippen MR) is 27.0 cm³/mol. The zero-order valence-corrected chi connectivity index (χ0v) is 5.51. The van der Waals surface area contributed by atoms with Crippen LogP contribution in [0.3, 0.4) is 0 Å². The summed E-state index contributed by atoms with van der Waals surface area (Å²) < 4.78 is 4.35. The molecule has 0 unspecified atom stereocenters. The number of amides is 1. The Hall–Kier alpha value is -0.553. The minimum absolute atomic E-state index is 0.733. The van der Waals surface area contributed by atoms with Crippen molar-refractivity contribution < 1.29 is 14.3 Å². The predicted octanol–water partition coefficient (Wildman–Crippen LogP) is -1.61. The summed E-state index contributed by atoms with van der Waals surface area (Å²) in [6.45, 7) is 2.64. The summed E-state index contributed by atoms with van der Waals surface area (Å²) >= 11 is 0. The molecular formula is C3H7NO3Si-. The van der Waals surface area contributed by atoms with Crippen molar-refractivity contribution in [3.63, 3.8) is 0 Å². The van der Waals surface area contributed by atoms with Gasteiger partial charge in [-0.05, 0) is 6.92 Å². The Morgan fingerprint density at radius 3 is 2.12 bits per heavy atom. The molecule has 0 rings (SSSR count). The van der Waals surface area contributed by atoms with E-state index in [1.165, 1.54) is 0 Å². The van der Waals surface area contributed by atoms with Crippen molar-refractivity contribution in [1.29, 1.82) is 0 Å². The second kappa shape index (κ2) is 9.67. The van der Waals surface area contributed by atoms with Gasteiger partial charge in [0.1, 0.15) is 6.09 Å². The Balaban J connectivity index is 0. The lowest BCUT2D eigenvalue weighted by Crippen LogP contribution is -2.29. The lowest BCUT2D eigenvalue weighted by atomic mass is 10.9. The van der Waals surface area contributed by atoms with E-state index in [1.54, 1.807) is 0 Å². The second-order valence-corrected chi connectivity index (χ2v) is 1.04. The highest BCUT2D eigenvalue weighted by atomic mass is 28.2. The van der Waals surface area contributed by atoms with Crippen molar-refractivity contribution in [3.05, 3.63) is 0 Å². The molecule has 3 radical (unpaired) electrons. The zero-order valence-electron chi connectivity index (χ0n) is 4.51. The fraction of sp³-hybridized carbons (Fsp3) is 0.667. The molecule has 0 aliphatic heterocycles. The molecule has 0 aromatic heterocycles. The number of carbonyl (C=O) groups is 1. The summed E-state index contributed by atoms with van der Waals surface area (Å²) in [5.74, 6) is 0. The molecule has 0 fully saturated rings. The average molecular weight is 133 g/mol. The summed E-state index contributed by atoms with van der Waals surface area (Å²) in [6, 6.07) is 0. The summed E-state index contributed by atoms with van der Waals surface area (Å²) in [5.41, 5.74) is 3.92. The van der Waals surface area contributed by atoms with Crippen LogP contribution in [-0.4, -0.2) is 23.2 Å². The van der Waals surface area contributed by atoms with Gasteiger partial charge in [0.05, 0.1) is 0 Å². The highest BCUT2D eigenvalue weighted by Crippen LogP contribution is 1.50. The van der Waals surface area contributed by atoms with Gasteiger partial charge in [0.15, 0.2) is 0 Å². The highest BCUT2D eigenvalue weighted by molar-refractivity contribution is 5.97. The first-order valence-electron chi connectivity index (χ1n) is 1.90. The van der Waals surface area contributed by atoms with E-state index in [4.69, 9.17) is 9.90 Å². The molecule has 5 heteroatoms. The first-order chi connectivity index (χ1) is 3.65. The first kappa shape index (κ1) is 10.4. The second-order valence-electron chi connectivity index (χ2n) is 0.752. The molecule has 0 aromatic carbocycles. The highest BCUT2D eigenvalue weighted by Gasteiger charge is 1.53. The van der Waals surface area contributed by atoms with Gasteiger partial charge in [-0.3, -0.25) is 0 Å². The molecule has 0 bridgehead atoms. The van der Waals surface area contributed by atoms with Crippen LogP contribution in [-0.2, 0) is 4.43 Å². The third-order valence-corrected chi connectivity index (χ3v) is 0.433. The molecule has 0 saturated carbocycles. The summed E-state index contributed by atoms with van der Waals surface area (Å²) in [7, 11) is 2.79. The van der Waals surface area contributed by atoms with Crippen LogP contribution in [0.1, 0.15) is 6.92 Å². The molecule has 47 valence electrons. The van der Waals surface area contributed by atoms with Crippen LogP contribution in [0.2, 0.25) is 0 Å². The van der Waals surface area contributed by atoms with E-state index in [1.807, 2.05) is 6.92 Å². The van der Waals surface area contributed by atoms with E-state index in [-0.39, 0.29) is 0 Å². The van der Waals surface area contributed by atoms with Crippen molar-refractivity contribution in [2.75, 3.05) is 6.61 Å². The number of hydrogen-bond donors (Lipinski definition) is 1. The minimum Gasteiger partial charge on any atom is -0.530 e. The van der Waals surface area contributed by atoms with E-state index in [0.717, 1.165) is 6.61 Å². The summed E-state index contributed by atoms with van der Waals surface area (Å²) in [4.78, 5) is 8.67. The maximum atomic E-state index is 8.67. The molecule has 0 aliphatic carbocycles. The van der Waals surface area contributed by atoms with Crippen molar-refractivity contribution in [1.82, 2.24) is 0 Å². The van der Waals surface area contributed by atoms with E-state index < -0.39 is 6.09 Å². The molecule has 2 N–H and O–H groups in total. The quantitative estimate of drug-likeness (QED) is 0.437. The largest absolute Gasteiger partial charge is 0.530 e. The number of primary amides is 1. The van der Waals surface area contributed by atoms with Crippen LogP contribution in [0.5, 0.6) is 0 Å². The maximum Gasteiger partial charge on any atom is 0.246 e. The van der Waals surface area contributed by atoms with Crippen LogP contribution in [0.25, 0.3) is 0 Å². The topological polar surface area (TPSA) is 75.4 Å². The Morgan fingerprint density at radius 1 is 2.00 bits per heavy atom. The van der Waals surface area contributed by atoms with Gasteiger partial charge in [-0.15, -0.1) is 0 Å². The van der Waals surface area contributed by atoms with Crippen LogP contribution in [0, 0.1) is 0 Å². The van der Waals surface area contributed by atoms with Gasteiger partial charge in [-0.2, -0.15) is 0 Å². The molecule has 0 aromatic rings. The number of hydrogen-bond acceptors (Lipinski definition) is 3. The van der Waals surface area contributed by atoms with Crippen LogP contribution in [0.15, 0.2) is 0 Å². The molecule has 0 heterocycles. The number of carboxylic acid groups (broad SMARTS) is 1. The first-order valence-corrected chi connectivity index (χ1v) is 2.31. The van der Waals surface area contributed by atoms with Gasteiger partial charge in [0.25, 0.3) is 0 Å². The van der Waals surface area contributed by atoms with Gasteiger partial charge in [0.2, 0.25) is 10.5 Å². The van der Waals surface area contributed by atoms with E-state index in [9.17, 15) is 0 Å². The Labute approximate surface area is 51.2 Å². The van der Waals surface area contributed by atoms with Gasteiger partial charge < -0.3 is 20.1 Å². The number of rotatable bonds is 1. The van der Waals surface area contributed by atoms with E-state index in [2.05, 4.69) is 20.6 Å². The third kappa shape index (κ3) is 539. The smallest absolute Gasteiger partial charge is 0.246 e. The third-order valence-electron chi connectivity index (χ3n) is 0.144. The van der Waals surface area contributed by atoms with Gasteiger partial charge in [-0.1, -0.05) is 0 Å². The fourth-order valence-corrected chi connectivity index (χ4v) is 0. The van der Waals surface area contributed by atoms with Crippen molar-refractivity contribution in [3.8, 4) is 0 Å². The lowest BCUT2D eigenvalue weighted by molar-refractivity contribution is -0.245. The minimum atomic E-state index is -1.58. The van der Waals surface area contributed by atoms with Gasteiger partial charge >= 0.3 is 0 Å². The molecular weight excluding hydrogens is 126 g/mol. The molecule has 0 spiro atoms. The normalized spacial score (nSPS) is 6.75. The number of carbonyl (C=O) groups excluding carboxylic acids is 1. The van der Waals surface area contributed by atoms with E-state index in [0.29, 0.717) is 0 Å². The lowest BCUT2D eigenvalue weighted by Gasteiger charge is -1.78. The SMILES string of the molecule is CCO[Si].NC(=O)[O-]. The summed E-state index contributed by atoms with van der Waals surface area (Å²) in [6.07, 6.45) is -1.58.